The van der Waals surface area contributed by atoms with E-state index in [0.29, 0.717) is 40.4 Å². The van der Waals surface area contributed by atoms with E-state index in [-0.39, 0.29) is 23.3 Å². The molecular formula is C25H26ClNO6S. The second kappa shape index (κ2) is 12.1. The Morgan fingerprint density at radius 1 is 1.21 bits per heavy atom. The number of halogens is 1. The molecule has 1 saturated heterocycles. The molecule has 0 aromatic heterocycles. The molecule has 1 fully saturated rings. The Labute approximate surface area is 207 Å². The van der Waals surface area contributed by atoms with Crippen LogP contribution in [0.3, 0.4) is 0 Å². The van der Waals surface area contributed by atoms with Gasteiger partial charge in [-0.25, -0.2) is 9.59 Å². The molecule has 2 aromatic rings. The maximum Gasteiger partial charge on any atom is 0.328 e. The molecule has 1 aliphatic heterocycles. The molecule has 1 heterocycles. The minimum Gasteiger partial charge on any atom is -0.497 e. The van der Waals surface area contributed by atoms with Crippen LogP contribution in [0.2, 0.25) is 5.02 Å². The minimum atomic E-state index is -1.08. The van der Waals surface area contributed by atoms with Crippen molar-refractivity contribution in [2.75, 3.05) is 33.1 Å². The van der Waals surface area contributed by atoms with Crippen LogP contribution in [0.15, 0.2) is 60.2 Å². The number of thioether (sulfide) groups is 1. The van der Waals surface area contributed by atoms with Crippen molar-refractivity contribution in [3.63, 3.8) is 0 Å². The number of carboxylic acid groups (broad SMARTS) is 1. The quantitative estimate of drug-likeness (QED) is 0.308. The fraction of sp³-hybridized carbons (Fsp3) is 0.320. The van der Waals surface area contributed by atoms with Crippen LogP contribution in [0, 0.1) is 0 Å². The number of likely N-dealkylation sites (tertiary alicyclic amines) is 1. The number of ketones is 1. The number of Topliss-reactive ketones (excluding diaryl/α,β-unsaturated/α-hetero) is 1. The first-order valence-electron chi connectivity index (χ1n) is 10.6. The molecule has 0 bridgehead atoms. The van der Waals surface area contributed by atoms with Crippen molar-refractivity contribution in [1.82, 2.24) is 4.90 Å². The van der Waals surface area contributed by atoms with Crippen molar-refractivity contribution in [2.45, 2.75) is 17.7 Å². The summed E-state index contributed by atoms with van der Waals surface area (Å²) in [6, 6.07) is 13.2. The zero-order valence-corrected chi connectivity index (χ0v) is 20.5. The second-order valence-electron chi connectivity index (χ2n) is 7.72. The van der Waals surface area contributed by atoms with Gasteiger partial charge >= 0.3 is 11.9 Å². The summed E-state index contributed by atoms with van der Waals surface area (Å²) in [6.07, 6.45) is 1.73. The number of esters is 1. The second-order valence-corrected chi connectivity index (χ2v) is 9.32. The van der Waals surface area contributed by atoms with Gasteiger partial charge in [0.2, 0.25) is 0 Å². The molecule has 2 aromatic carbocycles. The zero-order chi connectivity index (χ0) is 24.7. The molecule has 9 heteroatoms. The SMILES string of the molecule is COC(=O)[C@H](c1ccccc1Cl)N1CC[C@H](SCC(=O)c2cccc(OC)c2)/C(=C/C(=O)O)C1. The third-order valence-corrected chi connectivity index (χ3v) is 7.30. The summed E-state index contributed by atoms with van der Waals surface area (Å²) in [6.45, 7) is 0.745. The van der Waals surface area contributed by atoms with E-state index in [9.17, 15) is 19.5 Å². The van der Waals surface area contributed by atoms with E-state index in [1.165, 1.54) is 24.9 Å². The van der Waals surface area contributed by atoms with Crippen molar-refractivity contribution >= 4 is 41.1 Å². The van der Waals surface area contributed by atoms with Crippen LogP contribution in [-0.4, -0.2) is 66.0 Å². The Hall–Kier alpha value is -2.81. The zero-order valence-electron chi connectivity index (χ0n) is 18.9. The van der Waals surface area contributed by atoms with Crippen molar-refractivity contribution in [2.24, 2.45) is 0 Å². The first-order valence-corrected chi connectivity index (χ1v) is 12.0. The average Bonchev–Trinajstić information content (AvgIpc) is 2.84. The van der Waals surface area contributed by atoms with Gasteiger partial charge < -0.3 is 14.6 Å². The third-order valence-electron chi connectivity index (χ3n) is 5.58. The minimum absolute atomic E-state index is 0.0653. The Kier molecular flexibility index (Phi) is 9.15. The molecule has 0 unspecified atom stereocenters. The molecule has 0 aliphatic carbocycles. The first-order chi connectivity index (χ1) is 16.3. The maximum absolute atomic E-state index is 12.7. The van der Waals surface area contributed by atoms with Crippen LogP contribution in [0.1, 0.15) is 28.4 Å². The first kappa shape index (κ1) is 25.8. The van der Waals surface area contributed by atoms with E-state index in [1.807, 2.05) is 4.90 Å². The number of piperidine rings is 1. The van der Waals surface area contributed by atoms with Crippen LogP contribution in [0.25, 0.3) is 0 Å². The number of nitrogens with zero attached hydrogens (tertiary/aromatic N) is 1. The Bertz CT molecular complexity index is 1090. The van der Waals surface area contributed by atoms with Gasteiger partial charge in [-0.15, -0.1) is 11.8 Å². The number of hydrogen-bond acceptors (Lipinski definition) is 7. The van der Waals surface area contributed by atoms with Gasteiger partial charge in [0.1, 0.15) is 11.8 Å². The number of rotatable bonds is 9. The van der Waals surface area contributed by atoms with E-state index in [4.69, 9.17) is 21.1 Å². The molecule has 0 amide bonds. The van der Waals surface area contributed by atoms with Crippen LogP contribution < -0.4 is 4.74 Å². The van der Waals surface area contributed by atoms with Gasteiger partial charge in [-0.3, -0.25) is 9.69 Å². The highest BCUT2D eigenvalue weighted by Gasteiger charge is 2.35. The average molecular weight is 504 g/mol. The maximum atomic E-state index is 12.7. The molecule has 34 heavy (non-hydrogen) atoms. The number of aliphatic carboxylic acids is 1. The highest BCUT2D eigenvalue weighted by molar-refractivity contribution is 8.00. The predicted octanol–water partition coefficient (Wildman–Crippen LogP) is 4.26. The highest BCUT2D eigenvalue weighted by atomic mass is 35.5. The number of carbonyl (C=O) groups is 3. The summed E-state index contributed by atoms with van der Waals surface area (Å²) < 4.78 is 10.2. The van der Waals surface area contributed by atoms with Gasteiger partial charge in [0.05, 0.1) is 20.0 Å². The van der Waals surface area contributed by atoms with Crippen LogP contribution >= 0.6 is 23.4 Å². The molecule has 0 spiro atoms. The number of benzene rings is 2. The largest absolute Gasteiger partial charge is 0.497 e. The van der Waals surface area contributed by atoms with Gasteiger partial charge in [-0.05, 0) is 35.8 Å². The molecule has 0 saturated carbocycles. The molecule has 1 N–H and O–H groups in total. The summed E-state index contributed by atoms with van der Waals surface area (Å²) in [7, 11) is 2.85. The van der Waals surface area contributed by atoms with Gasteiger partial charge in [0, 0.05) is 35.0 Å². The molecule has 1 aliphatic rings. The van der Waals surface area contributed by atoms with Crippen molar-refractivity contribution in [1.29, 1.82) is 0 Å². The van der Waals surface area contributed by atoms with E-state index in [2.05, 4.69) is 0 Å². The molecule has 3 rings (SSSR count). The van der Waals surface area contributed by atoms with Crippen LogP contribution in [0.5, 0.6) is 5.75 Å². The Morgan fingerprint density at radius 2 is 1.97 bits per heavy atom. The summed E-state index contributed by atoms with van der Waals surface area (Å²) >= 11 is 7.76. The van der Waals surface area contributed by atoms with Crippen LogP contribution in [-0.2, 0) is 14.3 Å². The van der Waals surface area contributed by atoms with Crippen LogP contribution in [0.4, 0.5) is 0 Å². The number of ether oxygens (including phenoxy) is 2. The fourth-order valence-electron chi connectivity index (χ4n) is 3.93. The smallest absolute Gasteiger partial charge is 0.328 e. The molecule has 2 atom stereocenters. The van der Waals surface area contributed by atoms with Gasteiger partial charge in [-0.2, -0.15) is 0 Å². The lowest BCUT2D eigenvalue weighted by molar-refractivity contribution is -0.147. The van der Waals surface area contributed by atoms with Gasteiger partial charge in [0.25, 0.3) is 0 Å². The van der Waals surface area contributed by atoms with E-state index in [0.717, 1.165) is 0 Å². The number of hydrogen-bond donors (Lipinski definition) is 1. The van der Waals surface area contributed by atoms with Gasteiger partial charge in [0.15, 0.2) is 5.78 Å². The van der Waals surface area contributed by atoms with E-state index in [1.54, 1.807) is 55.6 Å². The molecule has 7 nitrogen and oxygen atoms in total. The lowest BCUT2D eigenvalue weighted by Gasteiger charge is -2.38. The fourth-order valence-corrected chi connectivity index (χ4v) is 5.32. The molecular weight excluding hydrogens is 478 g/mol. The summed E-state index contributed by atoms with van der Waals surface area (Å²) in [5.41, 5.74) is 1.77. The lowest BCUT2D eigenvalue weighted by Crippen LogP contribution is -2.43. The molecule has 0 radical (unpaired) electrons. The van der Waals surface area contributed by atoms with Crippen molar-refractivity contribution in [3.8, 4) is 5.75 Å². The Balaban J connectivity index is 1.77. The normalized spacial score (nSPS) is 18.3. The number of carbonyl (C=O) groups excluding carboxylic acids is 2. The number of carboxylic acids is 1. The summed E-state index contributed by atoms with van der Waals surface area (Å²) in [4.78, 5) is 38.8. The topological polar surface area (TPSA) is 93.1 Å². The Morgan fingerprint density at radius 3 is 2.65 bits per heavy atom. The molecule has 180 valence electrons. The number of methoxy groups -OCH3 is 2. The lowest BCUT2D eigenvalue weighted by atomic mass is 9.98. The standard InChI is InChI=1S/C25H26ClNO6S/c1-32-18-7-5-6-16(12-18)21(28)15-34-22-10-11-27(14-17(22)13-23(29)30)24(25(31)33-2)19-8-3-4-9-20(19)26/h3-9,12-13,22,24H,10-11,14-15H2,1-2H3,(H,29,30)/b17-13+/t22-,24-/m0/s1. The summed E-state index contributed by atoms with van der Waals surface area (Å²) in [5.74, 6) is -0.815. The van der Waals surface area contributed by atoms with E-state index < -0.39 is 18.0 Å². The monoisotopic (exact) mass is 503 g/mol. The van der Waals surface area contributed by atoms with Gasteiger partial charge in [-0.1, -0.05) is 41.9 Å². The third kappa shape index (κ3) is 6.40. The van der Waals surface area contributed by atoms with E-state index >= 15 is 0 Å². The predicted molar refractivity (Wildman–Crippen MR) is 132 cm³/mol. The summed E-state index contributed by atoms with van der Waals surface area (Å²) in [5, 5.41) is 9.70. The highest BCUT2D eigenvalue weighted by Crippen LogP contribution is 2.35. The van der Waals surface area contributed by atoms with Crippen molar-refractivity contribution < 1.29 is 29.0 Å². The van der Waals surface area contributed by atoms with Crippen molar-refractivity contribution in [3.05, 3.63) is 76.3 Å².